The van der Waals surface area contributed by atoms with E-state index in [0.717, 1.165) is 27.5 Å². The van der Waals surface area contributed by atoms with Crippen molar-refractivity contribution in [1.29, 1.82) is 0 Å². The number of hydrogen-bond acceptors (Lipinski definition) is 3. The molecule has 0 spiro atoms. The van der Waals surface area contributed by atoms with Crippen LogP contribution in [0.5, 0.6) is 0 Å². The summed E-state index contributed by atoms with van der Waals surface area (Å²) >= 11 is 10.8. The zero-order chi connectivity index (χ0) is 13.8. The Bertz CT molecular complexity index is 600. The van der Waals surface area contributed by atoms with Gasteiger partial charge in [0, 0.05) is 21.6 Å². The molecular formula is C13H11BrClNO2S. The highest BCUT2D eigenvalue weighted by atomic mass is 79.9. The van der Waals surface area contributed by atoms with Crippen LogP contribution >= 0.6 is 38.9 Å². The van der Waals surface area contributed by atoms with Gasteiger partial charge in [0.05, 0.1) is 9.90 Å². The fourth-order valence-electron chi connectivity index (χ4n) is 1.60. The molecule has 0 aliphatic rings. The second-order valence-corrected chi connectivity index (χ2v) is 6.54. The third-order valence-electron chi connectivity index (χ3n) is 2.53. The van der Waals surface area contributed by atoms with Crippen LogP contribution in [-0.4, -0.2) is 17.6 Å². The van der Waals surface area contributed by atoms with Crippen LogP contribution in [0.4, 0.5) is 5.69 Å². The average molecular weight is 361 g/mol. The molecule has 2 aromatic rings. The van der Waals surface area contributed by atoms with E-state index in [1.807, 2.05) is 12.1 Å². The molecule has 6 heteroatoms. The second-order valence-electron chi connectivity index (χ2n) is 3.88. The van der Waals surface area contributed by atoms with E-state index in [1.165, 1.54) is 4.88 Å². The summed E-state index contributed by atoms with van der Waals surface area (Å²) in [6.07, 6.45) is 0.879. The van der Waals surface area contributed by atoms with Crippen molar-refractivity contribution < 1.29 is 9.90 Å². The highest BCUT2D eigenvalue weighted by Crippen LogP contribution is 2.25. The quantitative estimate of drug-likeness (QED) is 0.824. The summed E-state index contributed by atoms with van der Waals surface area (Å²) in [5.74, 6) is -0.930. The number of halogens is 2. The van der Waals surface area contributed by atoms with Crippen molar-refractivity contribution in [3.63, 3.8) is 0 Å². The Morgan fingerprint density at radius 3 is 2.74 bits per heavy atom. The number of hydrogen-bond donors (Lipinski definition) is 2. The zero-order valence-electron chi connectivity index (χ0n) is 9.82. The van der Waals surface area contributed by atoms with Gasteiger partial charge in [0.15, 0.2) is 0 Å². The third kappa shape index (κ3) is 3.96. The molecule has 0 radical (unpaired) electrons. The molecule has 0 amide bonds. The molecule has 0 saturated heterocycles. The van der Waals surface area contributed by atoms with Crippen molar-refractivity contribution in [3.05, 3.63) is 49.6 Å². The van der Waals surface area contributed by atoms with E-state index >= 15 is 0 Å². The SMILES string of the molecule is O=C(O)c1ccc(NCCc2ccc(Cl)s2)c(Br)c1. The summed E-state index contributed by atoms with van der Waals surface area (Å²) in [7, 11) is 0. The Kier molecular flexibility index (Phi) is 4.85. The molecule has 0 fully saturated rings. The second kappa shape index (κ2) is 6.41. The number of rotatable bonds is 5. The smallest absolute Gasteiger partial charge is 0.335 e. The normalized spacial score (nSPS) is 10.4. The number of carboxylic acids is 1. The van der Waals surface area contributed by atoms with Crippen molar-refractivity contribution in [1.82, 2.24) is 0 Å². The molecule has 1 aromatic carbocycles. The number of benzene rings is 1. The summed E-state index contributed by atoms with van der Waals surface area (Å²) in [6, 6.07) is 8.83. The number of anilines is 1. The molecule has 0 aliphatic carbocycles. The number of carbonyl (C=O) groups is 1. The van der Waals surface area contributed by atoms with Crippen LogP contribution < -0.4 is 5.32 Å². The molecule has 0 unspecified atom stereocenters. The first-order valence-electron chi connectivity index (χ1n) is 5.57. The van der Waals surface area contributed by atoms with Crippen LogP contribution in [0.2, 0.25) is 4.34 Å². The lowest BCUT2D eigenvalue weighted by Gasteiger charge is -2.08. The summed E-state index contributed by atoms with van der Waals surface area (Å²) in [6.45, 7) is 0.766. The molecule has 2 N–H and O–H groups in total. The molecule has 100 valence electrons. The predicted octanol–water partition coefficient (Wildman–Crippen LogP) is 4.52. The molecule has 2 rings (SSSR count). The Hall–Kier alpha value is -1.04. The number of aromatic carboxylic acids is 1. The fourth-order valence-corrected chi connectivity index (χ4v) is 3.20. The van der Waals surface area contributed by atoms with Crippen LogP contribution in [0.1, 0.15) is 15.2 Å². The van der Waals surface area contributed by atoms with Gasteiger partial charge in [-0.1, -0.05) is 11.6 Å². The average Bonchev–Trinajstić information content (AvgIpc) is 2.77. The predicted molar refractivity (Wildman–Crippen MR) is 82.6 cm³/mol. The lowest BCUT2D eigenvalue weighted by molar-refractivity contribution is 0.0697. The summed E-state index contributed by atoms with van der Waals surface area (Å²) in [4.78, 5) is 12.0. The van der Waals surface area contributed by atoms with Gasteiger partial charge in [-0.15, -0.1) is 11.3 Å². The summed E-state index contributed by atoms with van der Waals surface area (Å²) in [5.41, 5.74) is 1.15. The minimum atomic E-state index is -0.930. The largest absolute Gasteiger partial charge is 0.478 e. The number of thiophene rings is 1. The van der Waals surface area contributed by atoms with Crippen molar-refractivity contribution in [2.75, 3.05) is 11.9 Å². The number of nitrogens with one attached hydrogen (secondary N) is 1. The molecule has 0 bridgehead atoms. The standard InChI is InChI=1S/C13H11BrClNO2S/c14-10-7-8(13(17)18)1-3-11(10)16-6-5-9-2-4-12(15)19-9/h1-4,7,16H,5-6H2,(H,17,18). The molecule has 19 heavy (non-hydrogen) atoms. The Morgan fingerprint density at radius 1 is 1.37 bits per heavy atom. The van der Waals surface area contributed by atoms with Gasteiger partial charge in [-0.05, 0) is 52.7 Å². The lowest BCUT2D eigenvalue weighted by Crippen LogP contribution is -2.05. The third-order valence-corrected chi connectivity index (χ3v) is 4.48. The van der Waals surface area contributed by atoms with Crippen molar-refractivity contribution >= 4 is 50.5 Å². The lowest BCUT2D eigenvalue weighted by atomic mass is 10.2. The van der Waals surface area contributed by atoms with Gasteiger partial charge in [-0.2, -0.15) is 0 Å². The van der Waals surface area contributed by atoms with Crippen molar-refractivity contribution in [3.8, 4) is 0 Å². The maximum atomic E-state index is 10.8. The minimum absolute atomic E-state index is 0.266. The summed E-state index contributed by atoms with van der Waals surface area (Å²) in [5, 5.41) is 12.1. The molecule has 1 heterocycles. The first kappa shape index (κ1) is 14.4. The topological polar surface area (TPSA) is 49.3 Å². The summed E-state index contributed by atoms with van der Waals surface area (Å²) < 4.78 is 1.54. The van der Waals surface area contributed by atoms with Gasteiger partial charge in [-0.3, -0.25) is 0 Å². The van der Waals surface area contributed by atoms with E-state index in [2.05, 4.69) is 21.2 Å². The Morgan fingerprint density at radius 2 is 2.16 bits per heavy atom. The van der Waals surface area contributed by atoms with E-state index in [9.17, 15) is 4.79 Å². The fraction of sp³-hybridized carbons (Fsp3) is 0.154. The van der Waals surface area contributed by atoms with Crippen molar-refractivity contribution in [2.24, 2.45) is 0 Å². The van der Waals surface area contributed by atoms with E-state index < -0.39 is 5.97 Å². The van der Waals surface area contributed by atoms with Gasteiger partial charge in [-0.25, -0.2) is 4.79 Å². The van der Waals surface area contributed by atoms with E-state index in [0.29, 0.717) is 0 Å². The molecular weight excluding hydrogens is 350 g/mol. The van der Waals surface area contributed by atoms with Gasteiger partial charge < -0.3 is 10.4 Å². The number of carboxylic acid groups (broad SMARTS) is 1. The molecule has 0 saturated carbocycles. The molecule has 3 nitrogen and oxygen atoms in total. The highest BCUT2D eigenvalue weighted by Gasteiger charge is 2.06. The highest BCUT2D eigenvalue weighted by molar-refractivity contribution is 9.10. The molecule has 1 aromatic heterocycles. The minimum Gasteiger partial charge on any atom is -0.478 e. The van der Waals surface area contributed by atoms with Crippen LogP contribution in [0.25, 0.3) is 0 Å². The van der Waals surface area contributed by atoms with E-state index in [1.54, 1.807) is 29.5 Å². The van der Waals surface area contributed by atoms with Crippen molar-refractivity contribution in [2.45, 2.75) is 6.42 Å². The maximum absolute atomic E-state index is 10.8. The Balaban J connectivity index is 1.94. The monoisotopic (exact) mass is 359 g/mol. The zero-order valence-corrected chi connectivity index (χ0v) is 13.0. The van der Waals surface area contributed by atoms with E-state index in [4.69, 9.17) is 16.7 Å². The van der Waals surface area contributed by atoms with Gasteiger partial charge in [0.25, 0.3) is 0 Å². The van der Waals surface area contributed by atoms with Gasteiger partial charge >= 0.3 is 5.97 Å². The van der Waals surface area contributed by atoms with Crippen LogP contribution in [0.15, 0.2) is 34.8 Å². The van der Waals surface area contributed by atoms with Crippen LogP contribution in [-0.2, 0) is 6.42 Å². The first-order valence-corrected chi connectivity index (χ1v) is 7.56. The Labute approximate surface area is 128 Å². The first-order chi connectivity index (χ1) is 9.06. The maximum Gasteiger partial charge on any atom is 0.335 e. The molecule has 0 aliphatic heterocycles. The molecule has 0 atom stereocenters. The van der Waals surface area contributed by atoms with Crippen LogP contribution in [0.3, 0.4) is 0 Å². The van der Waals surface area contributed by atoms with Gasteiger partial charge in [0.2, 0.25) is 0 Å². The van der Waals surface area contributed by atoms with Gasteiger partial charge in [0.1, 0.15) is 0 Å². The van der Waals surface area contributed by atoms with E-state index in [-0.39, 0.29) is 5.56 Å². The van der Waals surface area contributed by atoms with Crippen LogP contribution in [0, 0.1) is 0 Å².